The fourth-order valence-electron chi connectivity index (χ4n) is 4.82. The highest BCUT2D eigenvalue weighted by Crippen LogP contribution is 2.46. The van der Waals surface area contributed by atoms with E-state index in [4.69, 9.17) is 14.2 Å². The molecule has 0 fully saturated rings. The zero-order valence-electron chi connectivity index (χ0n) is 21.7. The Hall–Kier alpha value is -3.52. The van der Waals surface area contributed by atoms with Crippen LogP contribution >= 0.6 is 0 Å². The molecule has 2 N–H and O–H groups in total. The molecule has 0 radical (unpaired) electrons. The number of aryl methyl sites for hydroxylation is 2. The summed E-state index contributed by atoms with van der Waals surface area (Å²) in [6.45, 7) is 9.82. The molecule has 0 saturated heterocycles. The van der Waals surface area contributed by atoms with Gasteiger partial charge in [-0.1, -0.05) is 25.5 Å². The van der Waals surface area contributed by atoms with Crippen LogP contribution in [0.15, 0.2) is 30.3 Å². The lowest BCUT2D eigenvalue weighted by atomic mass is 9.93. The van der Waals surface area contributed by atoms with Gasteiger partial charge in [0.25, 0.3) is 5.91 Å². The Labute approximate surface area is 212 Å². The third kappa shape index (κ3) is 4.78. The van der Waals surface area contributed by atoms with Crippen molar-refractivity contribution >= 4 is 5.91 Å². The Morgan fingerprint density at radius 3 is 2.58 bits per heavy atom. The topological polar surface area (TPSA) is 96.9 Å². The summed E-state index contributed by atoms with van der Waals surface area (Å²) in [6.07, 6.45) is 1.99. The molecule has 0 saturated carbocycles. The van der Waals surface area contributed by atoms with Crippen molar-refractivity contribution in [1.82, 2.24) is 15.1 Å². The molecule has 8 heteroatoms. The van der Waals surface area contributed by atoms with E-state index in [9.17, 15) is 9.90 Å². The molecule has 1 unspecified atom stereocenters. The van der Waals surface area contributed by atoms with Crippen molar-refractivity contribution in [3.8, 4) is 28.5 Å². The third-order valence-corrected chi connectivity index (χ3v) is 6.43. The maximum Gasteiger partial charge on any atom is 0.273 e. The van der Waals surface area contributed by atoms with E-state index in [1.165, 1.54) is 0 Å². The first kappa shape index (κ1) is 25.6. The van der Waals surface area contributed by atoms with E-state index < -0.39 is 6.04 Å². The molecule has 3 aromatic rings. The Kier molecular flexibility index (Phi) is 7.84. The van der Waals surface area contributed by atoms with E-state index in [1.807, 2.05) is 45.0 Å². The summed E-state index contributed by atoms with van der Waals surface area (Å²) >= 11 is 0. The molecular formula is C28H35N3O5. The van der Waals surface area contributed by atoms with Crippen molar-refractivity contribution in [2.24, 2.45) is 0 Å². The van der Waals surface area contributed by atoms with Gasteiger partial charge in [-0.3, -0.25) is 9.89 Å². The number of aromatic nitrogens is 2. The lowest BCUT2D eigenvalue weighted by Gasteiger charge is -2.27. The van der Waals surface area contributed by atoms with Gasteiger partial charge in [-0.25, -0.2) is 0 Å². The van der Waals surface area contributed by atoms with E-state index in [0.717, 1.165) is 35.1 Å². The Bertz CT molecular complexity index is 1210. The minimum Gasteiger partial charge on any atom is -0.507 e. The number of methoxy groups -OCH3 is 1. The van der Waals surface area contributed by atoms with Gasteiger partial charge in [-0.15, -0.1) is 0 Å². The lowest BCUT2D eigenvalue weighted by molar-refractivity contribution is 0.0677. The fourth-order valence-corrected chi connectivity index (χ4v) is 4.82. The number of unbranched alkanes of at least 4 members (excludes halogenated alkanes) is 1. The number of nitrogens with one attached hydrogen (secondary N) is 1. The van der Waals surface area contributed by atoms with Crippen molar-refractivity contribution in [2.45, 2.75) is 46.6 Å². The van der Waals surface area contributed by atoms with E-state index in [2.05, 4.69) is 17.1 Å². The van der Waals surface area contributed by atoms with E-state index in [1.54, 1.807) is 18.1 Å². The quantitative estimate of drug-likeness (QED) is 0.358. The first-order valence-corrected chi connectivity index (χ1v) is 12.5. The first-order chi connectivity index (χ1) is 17.4. The number of nitrogens with zero attached hydrogens (tertiary/aromatic N) is 2. The number of phenolic OH excluding ortho intramolecular Hbond substituents is 1. The summed E-state index contributed by atoms with van der Waals surface area (Å²) in [6, 6.07) is 9.10. The molecule has 0 aliphatic carbocycles. The van der Waals surface area contributed by atoms with Crippen LogP contribution in [0.1, 0.15) is 65.5 Å². The van der Waals surface area contributed by atoms with Gasteiger partial charge in [-0.05, 0) is 62.1 Å². The number of aromatic amines is 1. The van der Waals surface area contributed by atoms with Crippen molar-refractivity contribution < 1.29 is 24.1 Å². The van der Waals surface area contributed by atoms with Crippen molar-refractivity contribution in [2.75, 3.05) is 33.5 Å². The average molecular weight is 494 g/mol. The van der Waals surface area contributed by atoms with Crippen LogP contribution in [0, 0.1) is 13.8 Å². The number of carbonyl (C=O) groups is 1. The van der Waals surface area contributed by atoms with Crippen LogP contribution in [0.5, 0.6) is 17.2 Å². The van der Waals surface area contributed by atoms with Crippen LogP contribution < -0.4 is 9.47 Å². The zero-order chi connectivity index (χ0) is 25.8. The number of hydrogen-bond acceptors (Lipinski definition) is 6. The maximum atomic E-state index is 13.5. The summed E-state index contributed by atoms with van der Waals surface area (Å²) in [7, 11) is 1.62. The van der Waals surface area contributed by atoms with Gasteiger partial charge in [0.05, 0.1) is 25.9 Å². The molecule has 4 rings (SSSR count). The standard InChI is InChI=1S/C28H35N3O5/c1-6-8-12-36-21-10-9-19(16-22(21)35-7-2)27-24-25(23-18(4)14-17(3)15-20(23)32)29-30-26(24)28(33)31(27)11-13-34-5/h9-10,14-16,27,32H,6-8,11-13H2,1-5H3,(H,29,30). The summed E-state index contributed by atoms with van der Waals surface area (Å²) in [4.78, 5) is 15.3. The summed E-state index contributed by atoms with van der Waals surface area (Å²) in [5, 5.41) is 18.3. The molecule has 36 heavy (non-hydrogen) atoms. The Morgan fingerprint density at radius 2 is 1.89 bits per heavy atom. The number of phenols is 1. The molecule has 2 heterocycles. The van der Waals surface area contributed by atoms with Crippen LogP contribution in [0.3, 0.4) is 0 Å². The Balaban J connectivity index is 1.85. The van der Waals surface area contributed by atoms with Gasteiger partial charge in [0, 0.05) is 24.8 Å². The van der Waals surface area contributed by atoms with Gasteiger partial charge in [0.15, 0.2) is 11.5 Å². The molecule has 1 aromatic heterocycles. The van der Waals surface area contributed by atoms with E-state index in [-0.39, 0.29) is 11.7 Å². The SMILES string of the molecule is CCCCOc1ccc(C2c3c(-c4c(C)cc(C)cc4O)n[nH]c3C(=O)N2CCOC)cc1OCC. The van der Waals surface area contributed by atoms with Crippen molar-refractivity contribution in [3.63, 3.8) is 0 Å². The number of rotatable bonds is 11. The maximum absolute atomic E-state index is 13.5. The molecular weight excluding hydrogens is 458 g/mol. The normalized spacial score (nSPS) is 14.9. The molecule has 1 aliphatic heterocycles. The highest BCUT2D eigenvalue weighted by atomic mass is 16.5. The van der Waals surface area contributed by atoms with Crippen molar-refractivity contribution in [3.05, 3.63) is 58.3 Å². The highest BCUT2D eigenvalue weighted by Gasteiger charge is 2.42. The Morgan fingerprint density at radius 1 is 1.08 bits per heavy atom. The number of benzene rings is 2. The van der Waals surface area contributed by atoms with Gasteiger partial charge in [0.1, 0.15) is 17.1 Å². The second-order valence-corrected chi connectivity index (χ2v) is 9.07. The highest BCUT2D eigenvalue weighted by molar-refractivity contribution is 6.00. The molecule has 2 aromatic carbocycles. The van der Waals surface area contributed by atoms with Gasteiger partial charge >= 0.3 is 0 Å². The molecule has 0 spiro atoms. The number of hydrogen-bond donors (Lipinski definition) is 2. The average Bonchev–Trinajstić information content (AvgIpc) is 3.37. The number of aromatic hydroxyl groups is 1. The predicted octanol–water partition coefficient (Wildman–Crippen LogP) is 5.17. The van der Waals surface area contributed by atoms with Gasteiger partial charge in [0.2, 0.25) is 0 Å². The molecule has 0 bridgehead atoms. The van der Waals surface area contributed by atoms with E-state index >= 15 is 0 Å². The minimum absolute atomic E-state index is 0.137. The summed E-state index contributed by atoms with van der Waals surface area (Å²) in [5.41, 5.74) is 5.06. The molecule has 1 aliphatic rings. The monoisotopic (exact) mass is 493 g/mol. The number of ether oxygens (including phenoxy) is 3. The van der Waals surface area contributed by atoms with Crippen LogP contribution in [0.4, 0.5) is 0 Å². The molecule has 1 amide bonds. The second-order valence-electron chi connectivity index (χ2n) is 9.07. The fraction of sp³-hybridized carbons (Fsp3) is 0.429. The third-order valence-electron chi connectivity index (χ3n) is 6.43. The van der Waals surface area contributed by atoms with Crippen LogP contribution in [-0.4, -0.2) is 59.6 Å². The van der Waals surface area contributed by atoms with Crippen LogP contribution in [-0.2, 0) is 4.74 Å². The van der Waals surface area contributed by atoms with Crippen molar-refractivity contribution in [1.29, 1.82) is 0 Å². The molecule has 1 atom stereocenters. The van der Waals surface area contributed by atoms with Crippen LogP contribution in [0.25, 0.3) is 11.3 Å². The largest absolute Gasteiger partial charge is 0.507 e. The summed E-state index contributed by atoms with van der Waals surface area (Å²) < 4.78 is 17.2. The number of carbonyl (C=O) groups excluding carboxylic acids is 1. The predicted molar refractivity (Wildman–Crippen MR) is 138 cm³/mol. The van der Waals surface area contributed by atoms with E-state index in [0.29, 0.717) is 54.8 Å². The first-order valence-electron chi connectivity index (χ1n) is 12.5. The number of amides is 1. The van der Waals surface area contributed by atoms with Gasteiger partial charge < -0.3 is 24.2 Å². The molecule has 192 valence electrons. The van der Waals surface area contributed by atoms with Crippen LogP contribution in [0.2, 0.25) is 0 Å². The second kappa shape index (κ2) is 11.0. The zero-order valence-corrected chi connectivity index (χ0v) is 21.7. The minimum atomic E-state index is -0.430. The lowest BCUT2D eigenvalue weighted by Crippen LogP contribution is -2.32. The number of H-pyrrole nitrogens is 1. The number of fused-ring (bicyclic) bond motifs is 1. The smallest absolute Gasteiger partial charge is 0.273 e. The molecule has 8 nitrogen and oxygen atoms in total. The van der Waals surface area contributed by atoms with Gasteiger partial charge in [-0.2, -0.15) is 5.10 Å². The summed E-state index contributed by atoms with van der Waals surface area (Å²) in [5.74, 6) is 1.30.